The lowest BCUT2D eigenvalue weighted by molar-refractivity contribution is 0.809. The number of anilines is 2. The number of para-hydroxylation sites is 2. The highest BCUT2D eigenvalue weighted by Crippen LogP contribution is 2.21. The summed E-state index contributed by atoms with van der Waals surface area (Å²) in [5.41, 5.74) is 3.45. The van der Waals surface area contributed by atoms with E-state index in [1.54, 1.807) is 0 Å². The van der Waals surface area contributed by atoms with Crippen LogP contribution in [0.3, 0.4) is 0 Å². The van der Waals surface area contributed by atoms with E-state index in [1.807, 2.05) is 25.2 Å². The molecule has 0 unspecified atom stereocenters. The smallest absolute Gasteiger partial charge is 0.0457 e. The third kappa shape index (κ3) is 4.27. The maximum absolute atomic E-state index is 3.45. The van der Waals surface area contributed by atoms with Crippen molar-refractivity contribution < 1.29 is 0 Å². The fourth-order valence-corrected chi connectivity index (χ4v) is 1.87. The molecule has 98 valence electrons. The molecule has 0 fully saturated rings. The number of hydrogen-bond acceptors (Lipinski definition) is 2. The second kappa shape index (κ2) is 7.39. The minimum Gasteiger partial charge on any atom is -0.355 e. The van der Waals surface area contributed by atoms with Crippen molar-refractivity contribution in [2.24, 2.45) is 0 Å². The van der Waals surface area contributed by atoms with Crippen LogP contribution in [-0.2, 0) is 0 Å². The summed E-state index contributed by atoms with van der Waals surface area (Å²) in [6.45, 7) is 1.00. The Bertz CT molecular complexity index is 518. The number of hydrogen-bond donors (Lipinski definition) is 2. The van der Waals surface area contributed by atoms with Crippen molar-refractivity contribution in [2.75, 3.05) is 18.9 Å². The standard InChI is InChI=1S/C17H20N2/c1-18-14-8-7-10-15-9-5-6-13-17(15)19-16-11-3-2-4-12-16/h2-7,9-13,18-19H,8,14H2,1H3. The van der Waals surface area contributed by atoms with Gasteiger partial charge in [-0.3, -0.25) is 0 Å². The van der Waals surface area contributed by atoms with Crippen molar-refractivity contribution in [1.82, 2.24) is 5.32 Å². The Balaban J connectivity index is 2.10. The highest BCUT2D eigenvalue weighted by atomic mass is 14.9. The normalized spacial score (nSPS) is 10.8. The van der Waals surface area contributed by atoms with Crippen molar-refractivity contribution in [3.05, 3.63) is 66.2 Å². The van der Waals surface area contributed by atoms with Gasteiger partial charge >= 0.3 is 0 Å². The van der Waals surface area contributed by atoms with E-state index in [4.69, 9.17) is 0 Å². The molecule has 19 heavy (non-hydrogen) atoms. The van der Waals surface area contributed by atoms with Crippen LogP contribution in [0.5, 0.6) is 0 Å². The van der Waals surface area contributed by atoms with Gasteiger partial charge in [-0.25, -0.2) is 0 Å². The minimum absolute atomic E-state index is 1.00. The molecular formula is C17H20N2. The van der Waals surface area contributed by atoms with E-state index < -0.39 is 0 Å². The molecule has 0 aliphatic rings. The van der Waals surface area contributed by atoms with Gasteiger partial charge in [0.15, 0.2) is 0 Å². The van der Waals surface area contributed by atoms with Gasteiger partial charge in [0.25, 0.3) is 0 Å². The fourth-order valence-electron chi connectivity index (χ4n) is 1.87. The Labute approximate surface area is 115 Å². The van der Waals surface area contributed by atoms with Crippen molar-refractivity contribution >= 4 is 17.5 Å². The molecule has 0 aliphatic heterocycles. The lowest BCUT2D eigenvalue weighted by Crippen LogP contribution is -2.05. The molecule has 0 bridgehead atoms. The second-order valence-electron chi connectivity index (χ2n) is 4.37. The van der Waals surface area contributed by atoms with E-state index in [0.717, 1.165) is 24.3 Å². The maximum Gasteiger partial charge on any atom is 0.0457 e. The highest BCUT2D eigenvalue weighted by molar-refractivity contribution is 5.71. The van der Waals surface area contributed by atoms with Gasteiger partial charge < -0.3 is 10.6 Å². The van der Waals surface area contributed by atoms with Crippen LogP contribution >= 0.6 is 0 Å². The highest BCUT2D eigenvalue weighted by Gasteiger charge is 1.98. The van der Waals surface area contributed by atoms with E-state index in [1.165, 1.54) is 5.56 Å². The summed E-state index contributed by atoms with van der Waals surface area (Å²) >= 11 is 0. The third-order valence-electron chi connectivity index (χ3n) is 2.87. The van der Waals surface area contributed by atoms with Crippen molar-refractivity contribution in [3.63, 3.8) is 0 Å². The summed E-state index contributed by atoms with van der Waals surface area (Å²) in [6, 6.07) is 18.6. The van der Waals surface area contributed by atoms with Crippen LogP contribution in [0.1, 0.15) is 12.0 Å². The molecule has 0 spiro atoms. The van der Waals surface area contributed by atoms with Crippen molar-refractivity contribution in [2.45, 2.75) is 6.42 Å². The van der Waals surface area contributed by atoms with Gasteiger partial charge in [0.05, 0.1) is 0 Å². The molecule has 2 aromatic carbocycles. The van der Waals surface area contributed by atoms with Gasteiger partial charge in [-0.1, -0.05) is 48.6 Å². The van der Waals surface area contributed by atoms with Crippen LogP contribution in [-0.4, -0.2) is 13.6 Å². The van der Waals surface area contributed by atoms with E-state index >= 15 is 0 Å². The van der Waals surface area contributed by atoms with Gasteiger partial charge in [-0.15, -0.1) is 0 Å². The van der Waals surface area contributed by atoms with Crippen molar-refractivity contribution in [3.8, 4) is 0 Å². The molecule has 2 N–H and O–H groups in total. The number of benzene rings is 2. The Hall–Kier alpha value is -2.06. The molecule has 0 aliphatic carbocycles. The zero-order valence-corrected chi connectivity index (χ0v) is 11.3. The SMILES string of the molecule is CNCCC=Cc1ccccc1Nc1ccccc1. The molecule has 2 aromatic rings. The summed E-state index contributed by atoms with van der Waals surface area (Å²) in [4.78, 5) is 0. The molecule has 0 saturated heterocycles. The van der Waals surface area contributed by atoms with Gasteiger partial charge in [0.2, 0.25) is 0 Å². The van der Waals surface area contributed by atoms with Crippen molar-refractivity contribution in [1.29, 1.82) is 0 Å². The fraction of sp³-hybridized carbons (Fsp3) is 0.176. The lowest BCUT2D eigenvalue weighted by Gasteiger charge is -2.09. The molecule has 0 amide bonds. The van der Waals surface area contributed by atoms with E-state index in [2.05, 4.69) is 59.2 Å². The maximum atomic E-state index is 3.45. The van der Waals surface area contributed by atoms with E-state index in [-0.39, 0.29) is 0 Å². The van der Waals surface area contributed by atoms with Crippen LogP contribution < -0.4 is 10.6 Å². The Morgan fingerprint density at radius 3 is 2.47 bits per heavy atom. The summed E-state index contributed by atoms with van der Waals surface area (Å²) < 4.78 is 0. The lowest BCUT2D eigenvalue weighted by atomic mass is 10.1. The second-order valence-corrected chi connectivity index (χ2v) is 4.37. The Kier molecular flexibility index (Phi) is 5.20. The van der Waals surface area contributed by atoms with E-state index in [9.17, 15) is 0 Å². The van der Waals surface area contributed by atoms with Gasteiger partial charge in [0, 0.05) is 11.4 Å². The minimum atomic E-state index is 1.00. The summed E-state index contributed by atoms with van der Waals surface area (Å²) in [7, 11) is 1.97. The average Bonchev–Trinajstić information content (AvgIpc) is 2.46. The Morgan fingerprint density at radius 2 is 1.68 bits per heavy atom. The predicted molar refractivity (Wildman–Crippen MR) is 83.7 cm³/mol. The molecule has 0 aromatic heterocycles. The van der Waals surface area contributed by atoms with Gasteiger partial charge in [0.1, 0.15) is 0 Å². The summed E-state index contributed by atoms with van der Waals surface area (Å²) in [5, 5.41) is 6.59. The van der Waals surface area contributed by atoms with Crippen LogP contribution in [0, 0.1) is 0 Å². The quantitative estimate of drug-likeness (QED) is 0.758. The zero-order chi connectivity index (χ0) is 13.3. The van der Waals surface area contributed by atoms with Gasteiger partial charge in [-0.05, 0) is 43.8 Å². The third-order valence-corrected chi connectivity index (χ3v) is 2.87. The first kappa shape index (κ1) is 13.4. The van der Waals surface area contributed by atoms with Crippen LogP contribution in [0.4, 0.5) is 11.4 Å². The molecule has 0 radical (unpaired) electrons. The largest absolute Gasteiger partial charge is 0.355 e. The molecule has 0 heterocycles. The Morgan fingerprint density at radius 1 is 0.947 bits per heavy atom. The van der Waals surface area contributed by atoms with Crippen LogP contribution in [0.2, 0.25) is 0 Å². The topological polar surface area (TPSA) is 24.1 Å². The molecule has 2 nitrogen and oxygen atoms in total. The first-order valence-electron chi connectivity index (χ1n) is 6.62. The first-order chi connectivity index (χ1) is 9.40. The zero-order valence-electron chi connectivity index (χ0n) is 11.3. The molecule has 2 heteroatoms. The first-order valence-corrected chi connectivity index (χ1v) is 6.62. The van der Waals surface area contributed by atoms with E-state index in [0.29, 0.717) is 0 Å². The summed E-state index contributed by atoms with van der Waals surface area (Å²) in [5.74, 6) is 0. The van der Waals surface area contributed by atoms with Crippen LogP contribution in [0.25, 0.3) is 6.08 Å². The molecule has 0 saturated carbocycles. The number of rotatable bonds is 6. The predicted octanol–water partition coefficient (Wildman–Crippen LogP) is 4.05. The average molecular weight is 252 g/mol. The summed E-state index contributed by atoms with van der Waals surface area (Å²) in [6.07, 6.45) is 5.40. The van der Waals surface area contributed by atoms with Crippen LogP contribution in [0.15, 0.2) is 60.7 Å². The monoisotopic (exact) mass is 252 g/mol. The number of nitrogens with one attached hydrogen (secondary N) is 2. The molecule has 0 atom stereocenters. The molecule has 2 rings (SSSR count). The van der Waals surface area contributed by atoms with Gasteiger partial charge in [-0.2, -0.15) is 0 Å². The molecular weight excluding hydrogens is 232 g/mol.